The molecule has 2 aliphatic heterocycles. The Morgan fingerprint density at radius 2 is 1.64 bits per heavy atom. The summed E-state index contributed by atoms with van der Waals surface area (Å²) in [7, 11) is 0. The highest BCUT2D eigenvalue weighted by Crippen LogP contribution is 2.41. The van der Waals surface area contributed by atoms with E-state index in [0.717, 1.165) is 0 Å². The molecule has 0 radical (unpaired) electrons. The monoisotopic (exact) mass is 440 g/mol. The van der Waals surface area contributed by atoms with E-state index in [1.807, 2.05) is 55.5 Å². The van der Waals surface area contributed by atoms with Gasteiger partial charge in [0, 0.05) is 17.4 Å². The van der Waals surface area contributed by atoms with Gasteiger partial charge in [-0.25, -0.2) is 4.68 Å². The van der Waals surface area contributed by atoms with Crippen LogP contribution in [0.3, 0.4) is 0 Å². The first kappa shape index (κ1) is 19.2. The quantitative estimate of drug-likeness (QED) is 0.503. The molecule has 0 unspecified atom stereocenters. The first-order chi connectivity index (χ1) is 16.1. The van der Waals surface area contributed by atoms with Gasteiger partial charge in [0.05, 0.1) is 22.5 Å². The predicted molar refractivity (Wildman–Crippen MR) is 123 cm³/mol. The predicted octanol–water partition coefficient (Wildman–Crippen LogP) is 3.97. The zero-order valence-corrected chi connectivity index (χ0v) is 17.7. The fraction of sp³-hybridized carbons (Fsp3) is 0.120. The maximum atomic E-state index is 13.7. The molecule has 164 valence electrons. The number of carbonyl (C=O) groups is 1. The van der Waals surface area contributed by atoms with E-state index in [1.165, 1.54) is 4.68 Å². The molecule has 4 aromatic rings. The second-order valence-corrected chi connectivity index (χ2v) is 7.93. The first-order valence-electron chi connectivity index (χ1n) is 10.6. The lowest BCUT2D eigenvalue weighted by molar-refractivity contribution is 0.0974. The van der Waals surface area contributed by atoms with Crippen LogP contribution in [-0.2, 0) is 0 Å². The lowest BCUT2D eigenvalue weighted by atomic mass is 10.0. The fourth-order valence-electron chi connectivity index (χ4n) is 4.40. The fourth-order valence-corrected chi connectivity index (χ4v) is 4.40. The molecule has 0 aliphatic carbocycles. The molecule has 3 heterocycles. The van der Waals surface area contributed by atoms with Gasteiger partial charge in [0.1, 0.15) is 6.17 Å². The number of ether oxygens (including phenoxy) is 2. The van der Waals surface area contributed by atoms with Crippen molar-refractivity contribution in [3.8, 4) is 17.2 Å². The summed E-state index contributed by atoms with van der Waals surface area (Å²) in [4.78, 5) is 28.9. The molecule has 0 saturated heterocycles. The number of nitrogens with one attached hydrogen (secondary N) is 2. The number of benzene rings is 3. The normalized spacial score (nSPS) is 16.5. The molecular weight excluding hydrogens is 420 g/mol. The summed E-state index contributed by atoms with van der Waals surface area (Å²) in [6, 6.07) is 22.0. The molecule has 6 rings (SSSR count). The number of aromatic amines is 1. The lowest BCUT2D eigenvalue weighted by Gasteiger charge is -2.37. The molecule has 2 N–H and O–H groups in total. The zero-order chi connectivity index (χ0) is 22.5. The summed E-state index contributed by atoms with van der Waals surface area (Å²) >= 11 is 0. The highest BCUT2D eigenvalue weighted by atomic mass is 16.7. The number of rotatable bonds is 3. The molecule has 0 spiro atoms. The van der Waals surface area contributed by atoms with E-state index in [4.69, 9.17) is 9.47 Å². The molecule has 8 nitrogen and oxygen atoms in total. The van der Waals surface area contributed by atoms with Crippen LogP contribution in [0.25, 0.3) is 5.69 Å². The number of hydrogen-bond donors (Lipinski definition) is 2. The van der Waals surface area contributed by atoms with Gasteiger partial charge in [-0.05, 0) is 43.3 Å². The van der Waals surface area contributed by atoms with Crippen LogP contribution < -0.4 is 25.2 Å². The maximum absolute atomic E-state index is 13.7. The number of fused-ring (bicyclic) bond motifs is 2. The van der Waals surface area contributed by atoms with Gasteiger partial charge >= 0.3 is 0 Å². The number of para-hydroxylation sites is 2. The SMILES string of the molecule is Cc1[nH]n(-c2ccccc2)c(=O)c1[C@H]1Nc2ccccc2C(=O)N1c1ccc2c(c1)OCO2. The summed E-state index contributed by atoms with van der Waals surface area (Å²) in [5, 5.41) is 6.57. The highest BCUT2D eigenvalue weighted by Gasteiger charge is 2.38. The van der Waals surface area contributed by atoms with Crippen molar-refractivity contribution in [2.45, 2.75) is 13.1 Å². The van der Waals surface area contributed by atoms with Crippen molar-refractivity contribution in [1.82, 2.24) is 9.78 Å². The number of anilines is 2. The molecule has 0 fully saturated rings. The molecule has 1 amide bonds. The Kier molecular flexibility index (Phi) is 4.26. The lowest BCUT2D eigenvalue weighted by Crippen LogP contribution is -2.45. The number of amides is 1. The Balaban J connectivity index is 1.53. The van der Waals surface area contributed by atoms with Gasteiger partial charge in [0.2, 0.25) is 6.79 Å². The van der Waals surface area contributed by atoms with Gasteiger partial charge in [0.15, 0.2) is 11.5 Å². The average molecular weight is 440 g/mol. The standard InChI is InChI=1S/C25H20N4O4/c1-15-22(25(31)29(27-15)16-7-3-2-4-8-16)23-26-19-10-6-5-9-18(19)24(30)28(23)17-11-12-20-21(13-17)33-14-32-20/h2-13,23,26-27H,14H2,1H3/t23-/m0/s1. The van der Waals surface area contributed by atoms with Gasteiger partial charge in [-0.15, -0.1) is 0 Å². The smallest absolute Gasteiger partial charge is 0.278 e. The minimum atomic E-state index is -0.721. The van der Waals surface area contributed by atoms with Crippen LogP contribution >= 0.6 is 0 Å². The second-order valence-electron chi connectivity index (χ2n) is 7.93. The third kappa shape index (κ3) is 2.99. The number of aryl methyl sites for hydroxylation is 1. The zero-order valence-electron chi connectivity index (χ0n) is 17.7. The van der Waals surface area contributed by atoms with Crippen molar-refractivity contribution in [2.75, 3.05) is 17.0 Å². The van der Waals surface area contributed by atoms with Gasteiger partial charge < -0.3 is 14.8 Å². The minimum Gasteiger partial charge on any atom is -0.454 e. The van der Waals surface area contributed by atoms with E-state index < -0.39 is 6.17 Å². The minimum absolute atomic E-state index is 0.135. The van der Waals surface area contributed by atoms with Gasteiger partial charge in [-0.1, -0.05) is 30.3 Å². The molecule has 0 bridgehead atoms. The van der Waals surface area contributed by atoms with E-state index in [9.17, 15) is 9.59 Å². The maximum Gasteiger partial charge on any atom is 0.278 e. The van der Waals surface area contributed by atoms with Gasteiger partial charge in [-0.3, -0.25) is 19.6 Å². The van der Waals surface area contributed by atoms with Crippen LogP contribution in [0.4, 0.5) is 11.4 Å². The third-order valence-corrected chi connectivity index (χ3v) is 5.97. The number of hydrogen-bond acceptors (Lipinski definition) is 5. The van der Waals surface area contributed by atoms with Crippen LogP contribution in [0.1, 0.15) is 27.8 Å². The van der Waals surface area contributed by atoms with E-state index >= 15 is 0 Å². The summed E-state index contributed by atoms with van der Waals surface area (Å²) in [5.41, 5.74) is 3.42. The van der Waals surface area contributed by atoms with Crippen LogP contribution in [0.5, 0.6) is 11.5 Å². The number of nitrogens with zero attached hydrogens (tertiary/aromatic N) is 2. The number of carbonyl (C=O) groups excluding carboxylic acids is 1. The Morgan fingerprint density at radius 1 is 0.879 bits per heavy atom. The van der Waals surface area contributed by atoms with E-state index in [1.54, 1.807) is 29.2 Å². The summed E-state index contributed by atoms with van der Waals surface area (Å²) < 4.78 is 12.5. The van der Waals surface area contributed by atoms with Gasteiger partial charge in [-0.2, -0.15) is 0 Å². The number of H-pyrrole nitrogens is 1. The second kappa shape index (κ2) is 7.30. The third-order valence-electron chi connectivity index (χ3n) is 5.97. The van der Waals surface area contributed by atoms with Crippen LogP contribution in [0, 0.1) is 6.92 Å². The Hall–Kier alpha value is -4.46. The topological polar surface area (TPSA) is 88.6 Å². The molecule has 2 aliphatic rings. The molecule has 33 heavy (non-hydrogen) atoms. The van der Waals surface area contributed by atoms with E-state index in [-0.39, 0.29) is 18.3 Å². The first-order valence-corrected chi connectivity index (χ1v) is 10.6. The van der Waals surface area contributed by atoms with Crippen molar-refractivity contribution >= 4 is 17.3 Å². The molecular formula is C25H20N4O4. The Bertz CT molecular complexity index is 1440. The summed E-state index contributed by atoms with van der Waals surface area (Å²) in [6.07, 6.45) is -0.721. The van der Waals surface area contributed by atoms with Crippen molar-refractivity contribution < 1.29 is 14.3 Å². The summed E-state index contributed by atoms with van der Waals surface area (Å²) in [5.74, 6) is 0.974. The molecule has 1 aromatic heterocycles. The molecule has 1 atom stereocenters. The summed E-state index contributed by atoms with van der Waals surface area (Å²) in [6.45, 7) is 1.97. The van der Waals surface area contributed by atoms with Crippen molar-refractivity contribution in [3.05, 3.63) is 100.0 Å². The van der Waals surface area contributed by atoms with Gasteiger partial charge in [0.25, 0.3) is 11.5 Å². The highest BCUT2D eigenvalue weighted by molar-refractivity contribution is 6.12. The Morgan fingerprint density at radius 3 is 2.48 bits per heavy atom. The molecule has 0 saturated carbocycles. The van der Waals surface area contributed by atoms with E-state index in [2.05, 4.69) is 10.4 Å². The van der Waals surface area contributed by atoms with Crippen molar-refractivity contribution in [1.29, 1.82) is 0 Å². The average Bonchev–Trinajstić information content (AvgIpc) is 3.42. The van der Waals surface area contributed by atoms with Crippen LogP contribution in [-0.4, -0.2) is 22.5 Å². The van der Waals surface area contributed by atoms with Crippen molar-refractivity contribution in [3.63, 3.8) is 0 Å². The van der Waals surface area contributed by atoms with Crippen molar-refractivity contribution in [2.24, 2.45) is 0 Å². The van der Waals surface area contributed by atoms with Crippen LogP contribution in [0.15, 0.2) is 77.6 Å². The Labute approximate surface area is 189 Å². The molecule has 3 aromatic carbocycles. The van der Waals surface area contributed by atoms with Crippen LogP contribution in [0.2, 0.25) is 0 Å². The number of aromatic nitrogens is 2. The molecule has 8 heteroatoms. The largest absolute Gasteiger partial charge is 0.454 e. The van der Waals surface area contributed by atoms with E-state index in [0.29, 0.717) is 45.4 Å².